The van der Waals surface area contributed by atoms with Crippen LogP contribution < -0.4 is 48.3 Å². The molecular formula is C73H96N12O12. The molecule has 0 saturated carbocycles. The second kappa shape index (κ2) is 40.4. The normalized spacial score (nSPS) is 12.3. The van der Waals surface area contributed by atoms with Gasteiger partial charge in [-0.1, -0.05) is 144 Å². The number of aromatic nitrogens is 3. The first-order valence-corrected chi connectivity index (χ1v) is 33.4. The zero-order chi connectivity index (χ0) is 69.3. The molecule has 0 aliphatic rings. The number of nitrogen functional groups attached to an aromatic ring is 1. The number of para-hydroxylation sites is 2. The number of anilines is 3. The van der Waals surface area contributed by atoms with Gasteiger partial charge in [0.15, 0.2) is 5.82 Å². The number of amides is 7. The van der Waals surface area contributed by atoms with E-state index in [1.165, 1.54) is 0 Å². The monoisotopic (exact) mass is 1330 g/mol. The standard InChI is InChI=1S/C73H96N12O12/c1-6-9-37-85-62(66-58-20-13-14-21-59(58)80-69(74)68(66)83-85)46-51-24-26-52(27-25-51)47-78-73(92)97-49-53-28-30-57(31-29-53)79-70(89)60(22-16-35-77-72(75)91)81-71(90)67(50(4)5)82-64(87)34-38-93-40-42-95-44-45-96-43-41-94-39-36-76-63(86)32-33-65(88)84(61-23-15-12-18-55(61)8-3)48-56-19-11-10-17-54(56)7-2/h7,10-15,17-21,23-31,50,60,67,73,78,92H,2,6,8-9,16,22,32-49H2,1,3-5H3,(H2,74,80)(H,76,86)(H,79,89)(H,81,90)(H,82,87)(H3,75,77,91)/t60-,67-,73?/m0/s1. The highest BCUT2D eigenvalue weighted by atomic mass is 16.6. The van der Waals surface area contributed by atoms with Crippen LogP contribution in [-0.4, -0.2) is 140 Å². The van der Waals surface area contributed by atoms with E-state index in [-0.39, 0.29) is 89.5 Å². The zero-order valence-electron chi connectivity index (χ0n) is 56.3. The lowest BCUT2D eigenvalue weighted by Gasteiger charge is -2.26. The van der Waals surface area contributed by atoms with E-state index in [1.807, 2.05) is 85.8 Å². The summed E-state index contributed by atoms with van der Waals surface area (Å²) in [5, 5.41) is 34.4. The largest absolute Gasteiger partial charge is 0.382 e. The number of nitrogens with zero attached hydrogens (tertiary/aromatic N) is 4. The molecule has 2 heterocycles. The fraction of sp³-hybridized carbons (Fsp3) is 0.425. The number of ether oxygens (including phenoxy) is 5. The predicted octanol–water partition coefficient (Wildman–Crippen LogP) is 7.94. The summed E-state index contributed by atoms with van der Waals surface area (Å²) in [6.45, 7) is 15.7. The second-order valence-electron chi connectivity index (χ2n) is 23.7. The van der Waals surface area contributed by atoms with Crippen LogP contribution in [-0.2, 0) is 86.7 Å². The van der Waals surface area contributed by atoms with Crippen LogP contribution in [0.3, 0.4) is 0 Å². The van der Waals surface area contributed by atoms with Crippen molar-refractivity contribution in [3.8, 4) is 0 Å². The number of carbonyl (C=O) groups excluding carboxylic acids is 6. The molecule has 97 heavy (non-hydrogen) atoms. The maximum atomic E-state index is 13.8. The number of fused-ring (bicyclic) bond motifs is 3. The van der Waals surface area contributed by atoms with E-state index in [0.717, 1.165) is 86.9 Å². The van der Waals surface area contributed by atoms with E-state index >= 15 is 0 Å². The van der Waals surface area contributed by atoms with Crippen LogP contribution in [0.4, 0.5) is 22.0 Å². The molecule has 1 unspecified atom stereocenters. The second-order valence-corrected chi connectivity index (χ2v) is 23.7. The number of urea groups is 1. The van der Waals surface area contributed by atoms with E-state index in [2.05, 4.69) is 73.3 Å². The molecule has 0 bridgehead atoms. The molecule has 2 aromatic heterocycles. The molecule has 7 rings (SSSR count). The van der Waals surface area contributed by atoms with Crippen molar-refractivity contribution in [2.75, 3.05) is 81.9 Å². The molecule has 7 amide bonds. The van der Waals surface area contributed by atoms with E-state index in [9.17, 15) is 33.9 Å². The van der Waals surface area contributed by atoms with Gasteiger partial charge in [0.25, 0.3) is 0 Å². The number of primary amides is 1. The topological polar surface area (TPSA) is 327 Å². The third-order valence-electron chi connectivity index (χ3n) is 16.1. The number of aliphatic hydroxyl groups excluding tert-OH is 1. The number of nitrogens with one attached hydrogen (secondary N) is 6. The maximum absolute atomic E-state index is 13.8. The van der Waals surface area contributed by atoms with Crippen LogP contribution in [0.15, 0.2) is 128 Å². The van der Waals surface area contributed by atoms with Gasteiger partial charge in [-0.25, -0.2) is 9.78 Å². The van der Waals surface area contributed by atoms with Gasteiger partial charge < -0.3 is 71.7 Å². The van der Waals surface area contributed by atoms with Gasteiger partial charge in [0.2, 0.25) is 35.9 Å². The van der Waals surface area contributed by atoms with Gasteiger partial charge in [0.05, 0.1) is 77.2 Å². The first-order valence-electron chi connectivity index (χ1n) is 33.4. The molecule has 0 radical (unpaired) electrons. The summed E-state index contributed by atoms with van der Waals surface area (Å²) >= 11 is 0. The highest BCUT2D eigenvalue weighted by Gasteiger charge is 2.29. The van der Waals surface area contributed by atoms with Crippen molar-refractivity contribution in [3.63, 3.8) is 0 Å². The first-order chi connectivity index (χ1) is 47.0. The summed E-state index contributed by atoms with van der Waals surface area (Å²) < 4.78 is 30.1. The summed E-state index contributed by atoms with van der Waals surface area (Å²) in [5.41, 5.74) is 21.3. The summed E-state index contributed by atoms with van der Waals surface area (Å²) in [6.07, 6.45) is 4.42. The Balaban J connectivity index is 0.742. The predicted molar refractivity (Wildman–Crippen MR) is 376 cm³/mol. The average Bonchev–Trinajstić information content (AvgIpc) is 1.62. The fourth-order valence-corrected chi connectivity index (χ4v) is 10.8. The van der Waals surface area contributed by atoms with Crippen molar-refractivity contribution in [3.05, 3.63) is 167 Å². The molecule has 0 saturated heterocycles. The van der Waals surface area contributed by atoms with Crippen molar-refractivity contribution < 1.29 is 57.6 Å². The van der Waals surface area contributed by atoms with E-state index in [1.54, 1.807) is 49.1 Å². The molecule has 0 aliphatic carbocycles. The molecule has 3 atom stereocenters. The molecule has 24 nitrogen and oxygen atoms in total. The van der Waals surface area contributed by atoms with Crippen LogP contribution in [0.25, 0.3) is 27.9 Å². The minimum atomic E-state index is -1.27. The van der Waals surface area contributed by atoms with Gasteiger partial charge in [-0.3, -0.25) is 34.0 Å². The molecule has 0 aliphatic heterocycles. The van der Waals surface area contributed by atoms with Crippen molar-refractivity contribution in [1.29, 1.82) is 0 Å². The smallest absolute Gasteiger partial charge is 0.312 e. The van der Waals surface area contributed by atoms with Gasteiger partial charge in [0, 0.05) is 74.0 Å². The lowest BCUT2D eigenvalue weighted by molar-refractivity contribution is -0.132. The van der Waals surface area contributed by atoms with Crippen molar-refractivity contribution >= 4 is 80.6 Å². The minimum absolute atomic E-state index is 0.0302. The number of benzene rings is 5. The summed E-state index contributed by atoms with van der Waals surface area (Å²) in [7, 11) is 0. The molecule has 520 valence electrons. The van der Waals surface area contributed by atoms with Gasteiger partial charge in [-0.2, -0.15) is 5.10 Å². The van der Waals surface area contributed by atoms with Crippen molar-refractivity contribution in [1.82, 2.24) is 41.3 Å². The summed E-state index contributed by atoms with van der Waals surface area (Å²) in [6, 6.07) is 35.9. The first kappa shape index (κ1) is 75.2. The van der Waals surface area contributed by atoms with Crippen molar-refractivity contribution in [2.45, 2.75) is 130 Å². The Kier molecular flexibility index (Phi) is 31.4. The van der Waals surface area contributed by atoms with Crippen LogP contribution in [0, 0.1) is 5.92 Å². The maximum Gasteiger partial charge on any atom is 0.312 e. The number of aliphatic hydroxyl groups is 1. The third-order valence-corrected chi connectivity index (χ3v) is 16.1. The third kappa shape index (κ3) is 24.5. The van der Waals surface area contributed by atoms with Gasteiger partial charge in [0.1, 0.15) is 17.6 Å². The number of rotatable bonds is 44. The number of hydrogen-bond donors (Lipinski definition) is 9. The number of pyridine rings is 1. The molecule has 0 spiro atoms. The Bertz CT molecular complexity index is 3660. The van der Waals surface area contributed by atoms with E-state index < -0.39 is 42.3 Å². The summed E-state index contributed by atoms with van der Waals surface area (Å²) in [4.78, 5) is 84.6. The van der Waals surface area contributed by atoms with Crippen LogP contribution in [0.2, 0.25) is 0 Å². The number of aryl methyl sites for hydroxylation is 2. The number of nitrogens with two attached hydrogens (primary N) is 2. The van der Waals surface area contributed by atoms with E-state index in [0.29, 0.717) is 69.4 Å². The highest BCUT2D eigenvalue weighted by molar-refractivity contribution is 6.09. The van der Waals surface area contributed by atoms with Crippen LogP contribution in [0.1, 0.15) is 112 Å². The van der Waals surface area contributed by atoms with Gasteiger partial charge in [-0.15, -0.1) is 0 Å². The van der Waals surface area contributed by atoms with E-state index in [4.69, 9.17) is 40.3 Å². The number of hydrogen-bond acceptors (Lipinski definition) is 16. The molecular weight excluding hydrogens is 1240 g/mol. The Morgan fingerprint density at radius 3 is 2.03 bits per heavy atom. The van der Waals surface area contributed by atoms with Crippen molar-refractivity contribution in [2.24, 2.45) is 11.7 Å². The molecule has 5 aromatic carbocycles. The number of carbonyl (C=O) groups is 6. The van der Waals surface area contributed by atoms with Gasteiger partial charge >= 0.3 is 6.03 Å². The highest BCUT2D eigenvalue weighted by Crippen LogP contribution is 2.32. The lowest BCUT2D eigenvalue weighted by atomic mass is 10.0. The minimum Gasteiger partial charge on any atom is -0.382 e. The Morgan fingerprint density at radius 2 is 1.34 bits per heavy atom. The molecule has 24 heteroatoms. The van der Waals surface area contributed by atoms with Crippen LogP contribution in [0.5, 0.6) is 0 Å². The lowest BCUT2D eigenvalue weighted by Crippen LogP contribution is -2.54. The zero-order valence-corrected chi connectivity index (χ0v) is 56.3. The number of unbranched alkanes of at least 4 members (excludes halogenated alkanes) is 1. The average molecular weight is 1330 g/mol. The molecule has 0 fully saturated rings. The van der Waals surface area contributed by atoms with Crippen LogP contribution >= 0.6 is 0 Å². The Morgan fingerprint density at radius 1 is 0.691 bits per heavy atom. The Hall–Kier alpha value is -9.14. The Labute approximate surface area is 567 Å². The fourth-order valence-electron chi connectivity index (χ4n) is 10.8. The summed E-state index contributed by atoms with van der Waals surface area (Å²) in [5.74, 6) is -1.82. The molecule has 11 N–H and O–H groups in total. The van der Waals surface area contributed by atoms with Gasteiger partial charge in [-0.05, 0) is 89.2 Å². The molecule has 7 aromatic rings. The quantitative estimate of drug-likeness (QED) is 0.0129. The SMILES string of the molecule is C=Cc1ccccc1CN(C(=O)CCC(=O)NCCOCCOCCOCCOCCC(=O)N[C@H](C(=O)N[C@@H](CCCNC(N)=O)C(=O)Nc1ccc(COC(O)NCc2ccc(Cc3c4c(nn3CCCC)c(N)nc3ccccc34)cc2)cc1)C(C)C)c1ccccc1CC.